The third kappa shape index (κ3) is 3.09. The summed E-state index contributed by atoms with van der Waals surface area (Å²) in [5.41, 5.74) is 3.14. The molecule has 0 unspecified atom stereocenters. The number of carbonyl (C=O) groups excluding carboxylic acids is 1. The predicted molar refractivity (Wildman–Crippen MR) is 75.6 cm³/mol. The maximum atomic E-state index is 12.1. The first-order chi connectivity index (χ1) is 9.11. The highest BCUT2D eigenvalue weighted by molar-refractivity contribution is 6.29. The van der Waals surface area contributed by atoms with E-state index in [-0.39, 0.29) is 16.8 Å². The molecule has 0 atom stereocenters. The molecule has 0 aliphatic rings. The Morgan fingerprint density at radius 2 is 2.16 bits per heavy atom. The number of para-hydroxylation sites is 1. The lowest BCUT2D eigenvalue weighted by atomic mass is 10.1. The van der Waals surface area contributed by atoms with E-state index >= 15 is 0 Å². The van der Waals surface area contributed by atoms with Gasteiger partial charge >= 0.3 is 0 Å². The summed E-state index contributed by atoms with van der Waals surface area (Å²) in [4.78, 5) is 19.9. The molecule has 98 valence electrons. The summed E-state index contributed by atoms with van der Waals surface area (Å²) in [5.74, 6) is -0.306. The maximum absolute atomic E-state index is 12.1. The highest BCUT2D eigenvalue weighted by Crippen LogP contribution is 2.21. The van der Waals surface area contributed by atoms with E-state index in [0.717, 1.165) is 23.2 Å². The third-order valence-electron chi connectivity index (χ3n) is 2.82. The smallest absolute Gasteiger partial charge is 0.275 e. The topological polar surface area (TPSA) is 54.9 Å². The Hall–Kier alpha value is -1.94. The minimum atomic E-state index is -0.306. The zero-order valence-electron chi connectivity index (χ0n) is 10.8. The number of halogens is 1. The fourth-order valence-electron chi connectivity index (χ4n) is 1.83. The van der Waals surface area contributed by atoms with E-state index in [1.54, 1.807) is 0 Å². The van der Waals surface area contributed by atoms with Crippen LogP contribution < -0.4 is 5.32 Å². The second kappa shape index (κ2) is 5.80. The monoisotopic (exact) mass is 275 g/mol. The summed E-state index contributed by atoms with van der Waals surface area (Å²) in [6.45, 7) is 4.00. The van der Waals surface area contributed by atoms with Crippen molar-refractivity contribution in [2.75, 3.05) is 5.32 Å². The van der Waals surface area contributed by atoms with Gasteiger partial charge in [0, 0.05) is 5.69 Å². The summed E-state index contributed by atoms with van der Waals surface area (Å²) in [6.07, 6.45) is 3.63. The standard InChI is InChI=1S/C14H14ClN3O/c1-3-10-6-4-5-9(2)13(10)18-14(19)11-7-16-8-12(15)17-11/h4-8H,3H2,1-2H3,(H,18,19). The Bertz CT molecular complexity index is 613. The number of hydrogen-bond donors (Lipinski definition) is 1. The van der Waals surface area contributed by atoms with E-state index in [2.05, 4.69) is 15.3 Å². The van der Waals surface area contributed by atoms with Crippen molar-refractivity contribution in [1.29, 1.82) is 0 Å². The number of nitrogens with one attached hydrogen (secondary N) is 1. The molecule has 1 aromatic heterocycles. The minimum absolute atomic E-state index is 0.202. The van der Waals surface area contributed by atoms with Crippen molar-refractivity contribution in [3.8, 4) is 0 Å². The molecule has 2 rings (SSSR count). The maximum Gasteiger partial charge on any atom is 0.275 e. The molecule has 0 aliphatic heterocycles. The second-order valence-corrected chi connectivity index (χ2v) is 4.53. The van der Waals surface area contributed by atoms with Gasteiger partial charge in [0.15, 0.2) is 0 Å². The van der Waals surface area contributed by atoms with Gasteiger partial charge in [-0.25, -0.2) is 4.98 Å². The summed E-state index contributed by atoms with van der Waals surface area (Å²) in [5, 5.41) is 3.08. The molecule has 0 radical (unpaired) electrons. The Morgan fingerprint density at radius 1 is 1.37 bits per heavy atom. The number of rotatable bonds is 3. The van der Waals surface area contributed by atoms with Crippen molar-refractivity contribution in [2.45, 2.75) is 20.3 Å². The molecule has 0 bridgehead atoms. The van der Waals surface area contributed by atoms with Gasteiger partial charge in [-0.2, -0.15) is 0 Å². The number of aromatic nitrogens is 2. The van der Waals surface area contributed by atoms with E-state index in [1.165, 1.54) is 12.4 Å². The van der Waals surface area contributed by atoms with Crippen LogP contribution in [-0.4, -0.2) is 15.9 Å². The lowest BCUT2D eigenvalue weighted by molar-refractivity contribution is 0.102. The van der Waals surface area contributed by atoms with Crippen molar-refractivity contribution >= 4 is 23.2 Å². The van der Waals surface area contributed by atoms with Crippen molar-refractivity contribution in [1.82, 2.24) is 9.97 Å². The Kier molecular flexibility index (Phi) is 4.12. The van der Waals surface area contributed by atoms with Crippen molar-refractivity contribution in [3.05, 3.63) is 52.6 Å². The summed E-state index contributed by atoms with van der Waals surface area (Å²) in [7, 11) is 0. The van der Waals surface area contributed by atoms with Crippen LogP contribution in [0.4, 0.5) is 5.69 Å². The van der Waals surface area contributed by atoms with Crippen molar-refractivity contribution < 1.29 is 4.79 Å². The van der Waals surface area contributed by atoms with Crippen molar-refractivity contribution in [2.24, 2.45) is 0 Å². The van der Waals surface area contributed by atoms with Gasteiger partial charge in [0.25, 0.3) is 5.91 Å². The number of hydrogen-bond acceptors (Lipinski definition) is 3. The van der Waals surface area contributed by atoms with Gasteiger partial charge < -0.3 is 5.32 Å². The minimum Gasteiger partial charge on any atom is -0.320 e. The van der Waals surface area contributed by atoms with Gasteiger partial charge in [0.1, 0.15) is 10.8 Å². The van der Waals surface area contributed by atoms with Crippen LogP contribution in [0, 0.1) is 6.92 Å². The predicted octanol–water partition coefficient (Wildman–Crippen LogP) is 3.25. The van der Waals surface area contributed by atoms with Crippen LogP contribution in [0.5, 0.6) is 0 Å². The molecule has 0 saturated carbocycles. The van der Waals surface area contributed by atoms with Crippen LogP contribution in [0.2, 0.25) is 5.15 Å². The largest absolute Gasteiger partial charge is 0.320 e. The van der Waals surface area contributed by atoms with Crippen LogP contribution in [0.3, 0.4) is 0 Å². The third-order valence-corrected chi connectivity index (χ3v) is 3.00. The fourth-order valence-corrected chi connectivity index (χ4v) is 1.98. The number of carbonyl (C=O) groups is 1. The van der Waals surface area contributed by atoms with Crippen molar-refractivity contribution in [3.63, 3.8) is 0 Å². The molecule has 0 aliphatic carbocycles. The Morgan fingerprint density at radius 3 is 2.84 bits per heavy atom. The molecule has 19 heavy (non-hydrogen) atoms. The summed E-state index contributed by atoms with van der Waals surface area (Å²) in [6, 6.07) is 5.92. The fraction of sp³-hybridized carbons (Fsp3) is 0.214. The SMILES string of the molecule is CCc1cccc(C)c1NC(=O)c1cncc(Cl)n1. The number of amides is 1. The molecule has 0 spiro atoms. The summed E-state index contributed by atoms with van der Waals surface area (Å²) < 4.78 is 0. The molecule has 1 heterocycles. The average Bonchev–Trinajstić information content (AvgIpc) is 2.41. The van der Waals surface area contributed by atoms with Crippen LogP contribution >= 0.6 is 11.6 Å². The first-order valence-corrected chi connectivity index (χ1v) is 6.37. The molecule has 1 amide bonds. The number of nitrogens with zero attached hydrogens (tertiary/aromatic N) is 2. The lowest BCUT2D eigenvalue weighted by Crippen LogP contribution is -2.16. The molecular formula is C14H14ClN3O. The number of anilines is 1. The van der Waals surface area contributed by atoms with E-state index in [1.807, 2.05) is 32.0 Å². The molecule has 5 heteroatoms. The molecule has 1 aromatic carbocycles. The van der Waals surface area contributed by atoms with E-state index in [9.17, 15) is 4.79 Å². The summed E-state index contributed by atoms with van der Waals surface area (Å²) >= 11 is 5.73. The van der Waals surface area contributed by atoms with Gasteiger partial charge in [-0.15, -0.1) is 0 Å². The zero-order valence-corrected chi connectivity index (χ0v) is 11.5. The quantitative estimate of drug-likeness (QED) is 0.935. The molecular weight excluding hydrogens is 262 g/mol. The van der Waals surface area contributed by atoms with E-state index in [0.29, 0.717) is 0 Å². The first-order valence-electron chi connectivity index (χ1n) is 5.99. The van der Waals surface area contributed by atoms with Gasteiger partial charge in [0.2, 0.25) is 0 Å². The Labute approximate surface area is 116 Å². The van der Waals surface area contributed by atoms with Crippen LogP contribution in [-0.2, 0) is 6.42 Å². The van der Waals surface area contributed by atoms with Gasteiger partial charge in [0.05, 0.1) is 12.4 Å². The lowest BCUT2D eigenvalue weighted by Gasteiger charge is -2.12. The molecule has 0 fully saturated rings. The Balaban J connectivity index is 2.29. The molecule has 2 aromatic rings. The van der Waals surface area contributed by atoms with Gasteiger partial charge in [-0.05, 0) is 24.5 Å². The number of benzene rings is 1. The van der Waals surface area contributed by atoms with E-state index < -0.39 is 0 Å². The van der Waals surface area contributed by atoms with Gasteiger partial charge in [-0.3, -0.25) is 9.78 Å². The van der Waals surface area contributed by atoms with Crippen LogP contribution in [0.1, 0.15) is 28.5 Å². The van der Waals surface area contributed by atoms with Gasteiger partial charge in [-0.1, -0.05) is 36.7 Å². The number of aryl methyl sites for hydroxylation is 2. The second-order valence-electron chi connectivity index (χ2n) is 4.14. The van der Waals surface area contributed by atoms with Crippen LogP contribution in [0.15, 0.2) is 30.6 Å². The molecule has 4 nitrogen and oxygen atoms in total. The zero-order chi connectivity index (χ0) is 13.8. The highest BCUT2D eigenvalue weighted by atomic mass is 35.5. The normalized spacial score (nSPS) is 10.3. The molecule has 1 N–H and O–H groups in total. The molecule has 0 saturated heterocycles. The van der Waals surface area contributed by atoms with E-state index in [4.69, 9.17) is 11.6 Å². The highest BCUT2D eigenvalue weighted by Gasteiger charge is 2.12. The average molecular weight is 276 g/mol. The first kappa shape index (κ1) is 13.5. The van der Waals surface area contributed by atoms with Crippen LogP contribution in [0.25, 0.3) is 0 Å².